The van der Waals surface area contributed by atoms with E-state index in [4.69, 9.17) is 0 Å². The fraction of sp³-hybridized carbons (Fsp3) is 0.435. The molecule has 0 aliphatic carbocycles. The number of hydrogen-bond donors (Lipinski definition) is 3. The Morgan fingerprint density at radius 1 is 1.12 bits per heavy atom. The molecule has 1 fully saturated rings. The Morgan fingerprint density at radius 3 is 2.36 bits per heavy atom. The van der Waals surface area contributed by atoms with E-state index >= 15 is 0 Å². The molecule has 3 heterocycles. The van der Waals surface area contributed by atoms with Gasteiger partial charge in [0.05, 0.1) is 5.69 Å². The lowest BCUT2D eigenvalue weighted by Crippen LogP contribution is -2.62. The van der Waals surface area contributed by atoms with Gasteiger partial charge in [0.2, 0.25) is 0 Å². The molecule has 1 aromatic carbocycles. The molecule has 0 radical (unpaired) electrons. The van der Waals surface area contributed by atoms with Gasteiger partial charge < -0.3 is 30.4 Å². The van der Waals surface area contributed by atoms with Crippen molar-refractivity contribution in [1.82, 2.24) is 25.5 Å². The number of phenolic OH excluding ortho intramolecular Hbond substituents is 1. The zero-order valence-electron chi connectivity index (χ0n) is 19.5. The van der Waals surface area contributed by atoms with Crippen LogP contribution in [0.25, 0.3) is 22.6 Å². The zero-order chi connectivity index (χ0) is 24.0. The first-order chi connectivity index (χ1) is 15.4. The number of H-pyrrole nitrogens is 1. The summed E-state index contributed by atoms with van der Waals surface area (Å²) in [5.41, 5.74) is 1.63. The zero-order valence-corrected chi connectivity index (χ0v) is 19.5. The van der Waals surface area contributed by atoms with Gasteiger partial charge in [0.15, 0.2) is 5.82 Å². The van der Waals surface area contributed by atoms with Crippen LogP contribution in [0.1, 0.15) is 40.5 Å². The second-order valence-electron chi connectivity index (χ2n) is 9.94. The molecule has 33 heavy (non-hydrogen) atoms. The van der Waals surface area contributed by atoms with Crippen LogP contribution >= 0.6 is 0 Å². The van der Waals surface area contributed by atoms with Crippen molar-refractivity contribution >= 4 is 11.6 Å². The number of aromatic amines is 1. The molecule has 0 atom stereocenters. The average Bonchev–Trinajstić information content (AvgIpc) is 3.22. The highest BCUT2D eigenvalue weighted by molar-refractivity contribution is 5.72. The number of anilines is 1. The summed E-state index contributed by atoms with van der Waals surface area (Å²) in [6, 6.07) is 8.99. The van der Waals surface area contributed by atoms with E-state index in [1.165, 1.54) is 12.3 Å². The molecule has 0 saturated carbocycles. The second-order valence-corrected chi connectivity index (χ2v) is 9.94. The molecule has 10 heteroatoms. The molecule has 3 N–H and O–H groups in total. The number of imidazole rings is 1. The van der Waals surface area contributed by atoms with Crippen LogP contribution in [0.15, 0.2) is 36.5 Å². The standard InChI is InChI=1S/C23H29N7O3/c1-22(2)11-15(12-23(3,4)28-22)29(5)19-9-8-17(26-27-19)16-7-6-14(10-18(16)31)21-24-13-20(25-21)30(32)33/h6-10,13,15,28,31H,11-12H2,1-5H3,(H,24,25). The van der Waals surface area contributed by atoms with Gasteiger partial charge >= 0.3 is 5.82 Å². The molecule has 1 aliphatic rings. The quantitative estimate of drug-likeness (QED) is 0.393. The summed E-state index contributed by atoms with van der Waals surface area (Å²) in [5.74, 6) is 0.791. The third-order valence-electron chi connectivity index (χ3n) is 6.03. The number of aromatic nitrogens is 4. The number of rotatable bonds is 5. The molecule has 1 aliphatic heterocycles. The first-order valence-electron chi connectivity index (χ1n) is 10.8. The molecular formula is C23H29N7O3. The van der Waals surface area contributed by atoms with Crippen molar-refractivity contribution in [1.29, 1.82) is 0 Å². The lowest BCUT2D eigenvalue weighted by atomic mass is 9.79. The predicted octanol–water partition coefficient (Wildman–Crippen LogP) is 3.89. The van der Waals surface area contributed by atoms with Gasteiger partial charge in [-0.2, -0.15) is 0 Å². The van der Waals surface area contributed by atoms with Gasteiger partial charge in [-0.25, -0.2) is 0 Å². The van der Waals surface area contributed by atoms with E-state index in [1.54, 1.807) is 12.1 Å². The molecule has 10 nitrogen and oxygen atoms in total. The summed E-state index contributed by atoms with van der Waals surface area (Å²) in [4.78, 5) is 19.1. The first kappa shape index (κ1) is 22.7. The summed E-state index contributed by atoms with van der Waals surface area (Å²) in [7, 11) is 2.04. The van der Waals surface area contributed by atoms with Gasteiger partial charge in [0.25, 0.3) is 5.82 Å². The number of aromatic hydroxyl groups is 1. The van der Waals surface area contributed by atoms with Crippen LogP contribution < -0.4 is 10.2 Å². The van der Waals surface area contributed by atoms with Gasteiger partial charge in [0.1, 0.15) is 11.9 Å². The van der Waals surface area contributed by atoms with E-state index in [-0.39, 0.29) is 22.6 Å². The van der Waals surface area contributed by atoms with Crippen LogP contribution in [0.5, 0.6) is 5.75 Å². The van der Waals surface area contributed by atoms with Crippen molar-refractivity contribution in [2.24, 2.45) is 0 Å². The van der Waals surface area contributed by atoms with Crippen molar-refractivity contribution in [3.8, 4) is 28.4 Å². The molecule has 0 unspecified atom stereocenters. The highest BCUT2D eigenvalue weighted by Gasteiger charge is 2.39. The number of piperidine rings is 1. The summed E-state index contributed by atoms with van der Waals surface area (Å²) in [6.07, 6.45) is 3.19. The van der Waals surface area contributed by atoms with E-state index in [1.807, 2.05) is 19.2 Å². The number of hydrogen-bond acceptors (Lipinski definition) is 8. The van der Waals surface area contributed by atoms with Crippen LogP contribution in [0.2, 0.25) is 0 Å². The van der Waals surface area contributed by atoms with E-state index in [2.05, 4.69) is 58.1 Å². The number of nitrogens with zero attached hydrogens (tertiary/aromatic N) is 5. The normalized spacial score (nSPS) is 17.6. The van der Waals surface area contributed by atoms with E-state index in [0.29, 0.717) is 28.7 Å². The largest absolute Gasteiger partial charge is 0.507 e. The Labute approximate surface area is 192 Å². The summed E-state index contributed by atoms with van der Waals surface area (Å²) >= 11 is 0. The molecule has 0 bridgehead atoms. The Morgan fingerprint density at radius 2 is 1.82 bits per heavy atom. The lowest BCUT2D eigenvalue weighted by molar-refractivity contribution is -0.389. The monoisotopic (exact) mass is 451 g/mol. The summed E-state index contributed by atoms with van der Waals surface area (Å²) in [6.45, 7) is 8.88. The van der Waals surface area contributed by atoms with Gasteiger partial charge in [-0.15, -0.1) is 10.2 Å². The lowest BCUT2D eigenvalue weighted by Gasteiger charge is -2.49. The van der Waals surface area contributed by atoms with E-state index < -0.39 is 4.92 Å². The van der Waals surface area contributed by atoms with E-state index in [0.717, 1.165) is 18.7 Å². The maximum Gasteiger partial charge on any atom is 0.382 e. The minimum atomic E-state index is -0.575. The van der Waals surface area contributed by atoms with Gasteiger partial charge in [-0.3, -0.25) is 0 Å². The van der Waals surface area contributed by atoms with Crippen LogP contribution in [-0.4, -0.2) is 54.4 Å². The minimum absolute atomic E-state index is 0.0104. The Bertz CT molecular complexity index is 1160. The number of benzene rings is 1. The van der Waals surface area contributed by atoms with Crippen molar-refractivity contribution in [3.05, 3.63) is 46.6 Å². The second kappa shape index (κ2) is 8.11. The fourth-order valence-corrected chi connectivity index (χ4v) is 4.84. The van der Waals surface area contributed by atoms with Crippen molar-refractivity contribution < 1.29 is 10.0 Å². The van der Waals surface area contributed by atoms with Gasteiger partial charge in [0, 0.05) is 35.3 Å². The van der Waals surface area contributed by atoms with Gasteiger partial charge in [-0.05, 0) is 80.8 Å². The highest BCUT2D eigenvalue weighted by Crippen LogP contribution is 2.34. The summed E-state index contributed by atoms with van der Waals surface area (Å²) < 4.78 is 0. The first-order valence-corrected chi connectivity index (χ1v) is 10.8. The highest BCUT2D eigenvalue weighted by atomic mass is 16.6. The maximum absolute atomic E-state index is 10.8. The molecule has 1 saturated heterocycles. The summed E-state index contributed by atoms with van der Waals surface area (Å²) in [5, 5.41) is 33.9. The topological polar surface area (TPSA) is 133 Å². The van der Waals surface area contributed by atoms with Crippen LogP contribution in [0, 0.1) is 10.1 Å². The average molecular weight is 452 g/mol. The maximum atomic E-state index is 10.8. The van der Waals surface area contributed by atoms with Crippen molar-refractivity contribution in [2.45, 2.75) is 57.7 Å². The van der Waals surface area contributed by atoms with Gasteiger partial charge in [-0.1, -0.05) is 0 Å². The van der Waals surface area contributed by atoms with Crippen molar-refractivity contribution in [3.63, 3.8) is 0 Å². The molecule has 2 aromatic heterocycles. The molecular weight excluding hydrogens is 422 g/mol. The third-order valence-corrected chi connectivity index (χ3v) is 6.03. The predicted molar refractivity (Wildman–Crippen MR) is 126 cm³/mol. The Hall–Kier alpha value is -3.53. The molecule has 4 rings (SSSR count). The van der Waals surface area contributed by atoms with Crippen LogP contribution in [-0.2, 0) is 0 Å². The molecule has 0 spiro atoms. The van der Waals surface area contributed by atoms with Crippen LogP contribution in [0.3, 0.4) is 0 Å². The minimum Gasteiger partial charge on any atom is -0.507 e. The Balaban J connectivity index is 1.53. The smallest absolute Gasteiger partial charge is 0.382 e. The molecule has 3 aromatic rings. The molecule has 174 valence electrons. The van der Waals surface area contributed by atoms with Crippen LogP contribution in [0.4, 0.5) is 11.6 Å². The number of nitrogens with one attached hydrogen (secondary N) is 2. The number of phenols is 1. The third kappa shape index (κ3) is 4.80. The number of nitro groups is 1. The SMILES string of the molecule is CN(c1ccc(-c2ccc(-c3nc([N+](=O)[O-])c[nH]3)cc2O)nn1)C1CC(C)(C)NC(C)(C)C1. The Kier molecular flexibility index (Phi) is 5.57. The fourth-order valence-electron chi connectivity index (χ4n) is 4.84. The molecule has 0 amide bonds. The van der Waals surface area contributed by atoms with Crippen molar-refractivity contribution in [2.75, 3.05) is 11.9 Å². The van der Waals surface area contributed by atoms with E-state index in [9.17, 15) is 15.2 Å².